The number of anilines is 3. The number of halogens is 1. The highest BCUT2D eigenvalue weighted by molar-refractivity contribution is 6.72. The van der Waals surface area contributed by atoms with Gasteiger partial charge < -0.3 is 84.7 Å². The summed E-state index contributed by atoms with van der Waals surface area (Å²) in [5.41, 5.74) is -1.71. The summed E-state index contributed by atoms with van der Waals surface area (Å²) >= 11 is 0. The first-order chi connectivity index (χ1) is 29.2. The Morgan fingerprint density at radius 2 is 1.42 bits per heavy atom. The van der Waals surface area contributed by atoms with Crippen LogP contribution >= 0.6 is 0 Å². The Hall–Kier alpha value is -4.01. The first kappa shape index (κ1) is 46.0. The van der Waals surface area contributed by atoms with Crippen LogP contribution in [0, 0.1) is 5.92 Å². The van der Waals surface area contributed by atoms with E-state index < -0.39 is 117 Å². The molecule has 0 radical (unpaired) electrons. The van der Waals surface area contributed by atoms with Crippen LogP contribution in [0.2, 0.25) is 18.6 Å². The average Bonchev–Trinajstić information content (AvgIpc) is 3.89. The van der Waals surface area contributed by atoms with Crippen LogP contribution in [0.15, 0.2) is 42.5 Å². The van der Waals surface area contributed by atoms with E-state index >= 15 is 8.90 Å². The van der Waals surface area contributed by atoms with Crippen LogP contribution in [0.4, 0.5) is 21.2 Å². The number of aliphatic hydroxyl groups excluding tert-OH is 9. The van der Waals surface area contributed by atoms with Gasteiger partial charge in [-0.2, -0.15) is 0 Å². The largest absolute Gasteiger partial charge is 0.394 e. The molecule has 11 N–H and O–H groups in total. The fourth-order valence-electron chi connectivity index (χ4n) is 9.64. The zero-order valence-corrected chi connectivity index (χ0v) is 35.0. The summed E-state index contributed by atoms with van der Waals surface area (Å²) in [5, 5.41) is 95.9. The predicted molar refractivity (Wildman–Crippen MR) is 214 cm³/mol. The van der Waals surface area contributed by atoms with Gasteiger partial charge in [0.25, 0.3) is 17.7 Å². The number of nitrogens with one attached hydrogen (secondary N) is 2. The maximum absolute atomic E-state index is 16.6. The molecule has 0 aromatic heterocycles. The Labute approximate surface area is 355 Å². The normalized spacial score (nSPS) is 37.1. The van der Waals surface area contributed by atoms with Crippen molar-refractivity contribution in [3.63, 3.8) is 0 Å². The van der Waals surface area contributed by atoms with Gasteiger partial charge in [0.15, 0.2) is 30.4 Å². The van der Waals surface area contributed by atoms with E-state index in [0.717, 1.165) is 0 Å². The maximum Gasteiger partial charge on any atom is 0.264 e. The summed E-state index contributed by atoms with van der Waals surface area (Å²) in [6.07, 6.45) is -19.0. The lowest BCUT2D eigenvalue weighted by Crippen LogP contribution is -2.60. The third kappa shape index (κ3) is 8.17. The summed E-state index contributed by atoms with van der Waals surface area (Å²) in [6.45, 7) is 4.57. The summed E-state index contributed by atoms with van der Waals surface area (Å²) in [6, 6.07) is 10.1. The van der Waals surface area contributed by atoms with E-state index in [0.29, 0.717) is 24.9 Å². The fourth-order valence-corrected chi connectivity index (χ4v) is 12.1. The number of ether oxygens (including phenoxy) is 3. The summed E-state index contributed by atoms with van der Waals surface area (Å²) in [4.78, 5) is 58.4. The van der Waals surface area contributed by atoms with Gasteiger partial charge in [-0.05, 0) is 61.8 Å². The van der Waals surface area contributed by atoms with Crippen molar-refractivity contribution < 1.29 is 83.5 Å². The van der Waals surface area contributed by atoms with Crippen LogP contribution in [-0.4, -0.2) is 170 Å². The van der Waals surface area contributed by atoms with Crippen LogP contribution in [0.1, 0.15) is 37.3 Å². The van der Waals surface area contributed by atoms with Crippen LogP contribution in [0.3, 0.4) is 0 Å². The van der Waals surface area contributed by atoms with Crippen molar-refractivity contribution in [1.29, 1.82) is 0 Å². The molecule has 340 valence electrons. The number of carbonyl (C=O) groups is 4. The molecule has 2 aromatic carbocycles. The van der Waals surface area contributed by atoms with Crippen LogP contribution in [0.25, 0.3) is 0 Å². The fraction of sp³-hybridized carbons (Fsp3) is 0.600. The molecule has 1 spiro atoms. The molecule has 4 amide bonds. The SMILES string of the molecule is C[C@@H]1[C@@H]([Si](C)(C)F)[C@H](CC(=O)N2CCC[C@H]2CO)O[C@@]12C(=O)N(Cc1cccc(NC(=O)[C@H]3O[C@@H](O)[C@H](O)[C@@H](O)[C@@H]3O)c1)c1ccc(NC(=O)[C@H]3O[C@@H](O)[C@H](O)[C@@H](O)[C@@H]3O)cc12. The van der Waals surface area contributed by atoms with Crippen molar-refractivity contribution in [2.75, 3.05) is 28.7 Å². The number of fused-ring (bicyclic) bond motifs is 2. The number of rotatable bonds is 10. The number of aliphatic hydroxyl groups is 9. The minimum absolute atomic E-state index is 0.0414. The highest BCUT2D eigenvalue weighted by Gasteiger charge is 2.67. The maximum atomic E-state index is 16.6. The average molecular weight is 893 g/mol. The molecule has 5 aliphatic heterocycles. The molecular weight excluding hydrogens is 840 g/mol. The molecule has 4 saturated heterocycles. The molecule has 4 fully saturated rings. The van der Waals surface area contributed by atoms with Gasteiger partial charge in [0, 0.05) is 34.9 Å². The van der Waals surface area contributed by atoms with Gasteiger partial charge in [0.1, 0.15) is 36.6 Å². The van der Waals surface area contributed by atoms with Crippen molar-refractivity contribution in [2.24, 2.45) is 5.92 Å². The van der Waals surface area contributed by atoms with Crippen molar-refractivity contribution >= 4 is 49.1 Å². The number of amides is 4. The minimum Gasteiger partial charge on any atom is -0.394 e. The van der Waals surface area contributed by atoms with Crippen molar-refractivity contribution in [1.82, 2.24) is 4.90 Å². The van der Waals surface area contributed by atoms with Crippen molar-refractivity contribution in [2.45, 2.75) is 131 Å². The number of carbonyl (C=O) groups excluding carboxylic acids is 4. The Morgan fingerprint density at radius 1 is 0.839 bits per heavy atom. The van der Waals surface area contributed by atoms with Gasteiger partial charge in [-0.3, -0.25) is 19.2 Å². The lowest BCUT2D eigenvalue weighted by molar-refractivity contribution is -0.274. The second kappa shape index (κ2) is 17.5. The first-order valence-corrected chi connectivity index (χ1v) is 23.3. The Balaban J connectivity index is 1.22. The molecule has 5 heterocycles. The van der Waals surface area contributed by atoms with E-state index in [1.165, 1.54) is 48.3 Å². The van der Waals surface area contributed by atoms with E-state index in [1.807, 2.05) is 0 Å². The Morgan fingerprint density at radius 3 is 1.98 bits per heavy atom. The molecule has 22 heteroatoms. The van der Waals surface area contributed by atoms with E-state index in [9.17, 15) is 60.3 Å². The molecule has 0 unspecified atom stereocenters. The molecule has 0 aliphatic carbocycles. The molecule has 20 nitrogen and oxygen atoms in total. The molecule has 0 bridgehead atoms. The molecule has 15 atom stereocenters. The predicted octanol–water partition coefficient (Wildman–Crippen LogP) is -2.14. The highest BCUT2D eigenvalue weighted by Crippen LogP contribution is 2.60. The molecule has 7 rings (SSSR count). The van der Waals surface area contributed by atoms with Gasteiger partial charge in [0.05, 0.1) is 37.4 Å². The van der Waals surface area contributed by atoms with Crippen molar-refractivity contribution in [3.05, 3.63) is 53.6 Å². The first-order valence-electron chi connectivity index (χ1n) is 20.4. The van der Waals surface area contributed by atoms with E-state index in [4.69, 9.17) is 14.2 Å². The number of likely N-dealkylation sites (tertiary alicyclic amines) is 1. The van der Waals surface area contributed by atoms with Gasteiger partial charge >= 0.3 is 0 Å². The summed E-state index contributed by atoms with van der Waals surface area (Å²) in [7, 11) is -3.78. The third-order valence-corrected chi connectivity index (χ3v) is 15.2. The second-order valence-electron chi connectivity index (χ2n) is 17.2. The van der Waals surface area contributed by atoms with Gasteiger partial charge in [0.2, 0.25) is 14.3 Å². The number of nitrogens with zero attached hydrogens (tertiary/aromatic N) is 2. The zero-order valence-electron chi connectivity index (χ0n) is 34.0. The van der Waals surface area contributed by atoms with Gasteiger partial charge in [-0.25, -0.2) is 0 Å². The van der Waals surface area contributed by atoms with Crippen LogP contribution in [-0.2, 0) is 45.5 Å². The Bertz CT molecular complexity index is 2050. The molecule has 5 aliphatic rings. The second-order valence-corrected chi connectivity index (χ2v) is 21.0. The lowest BCUT2D eigenvalue weighted by atomic mass is 9.82. The third-order valence-electron chi connectivity index (χ3n) is 12.7. The standard InChI is InChI=1S/C40H53FN4O16Si/c1-17-34(62(2,3)41)24(14-25(47)44-11-5-8-21(44)16-46)61-40(17)22-13-20(43-36(55)33-29(51)27(49)31(53)38(57)60-33)9-10-23(22)45(39(40)58)15-18-6-4-7-19(12-18)42-35(54)32-28(50)26(48)30(52)37(56)59-32/h4,6-7,9-10,12-13,17,21,24,26-34,37-38,46,48-53,56-57H,5,8,11,14-16H2,1-3H3,(H,42,54)(H,43,55)/t17-,21+,24+,26+,27+,28+,29+,30-,31-,32+,33+,34-,37-,38-,40+/m1/s1. The van der Waals surface area contributed by atoms with E-state index in [1.54, 1.807) is 24.0 Å². The zero-order chi connectivity index (χ0) is 45.2. The van der Waals surface area contributed by atoms with Gasteiger partial charge in [-0.15, -0.1) is 0 Å². The molecule has 0 saturated carbocycles. The summed E-state index contributed by atoms with van der Waals surface area (Å²) in [5.74, 6) is -3.87. The topological polar surface area (TPSA) is 309 Å². The number of hydrogen-bond donors (Lipinski definition) is 11. The van der Waals surface area contributed by atoms with Gasteiger partial charge in [-0.1, -0.05) is 19.1 Å². The quantitative estimate of drug-likeness (QED) is 0.0896. The van der Waals surface area contributed by atoms with E-state index in [-0.39, 0.29) is 48.1 Å². The minimum atomic E-state index is -3.78. The van der Waals surface area contributed by atoms with Crippen LogP contribution < -0.4 is 15.5 Å². The number of hydrogen-bond acceptors (Lipinski definition) is 16. The summed E-state index contributed by atoms with van der Waals surface area (Å²) < 4.78 is 33.5. The monoisotopic (exact) mass is 892 g/mol. The smallest absolute Gasteiger partial charge is 0.264 e. The molecular formula is C40H53FN4O16Si. The Kier molecular flexibility index (Phi) is 13.0. The molecule has 2 aromatic rings. The van der Waals surface area contributed by atoms with Crippen LogP contribution in [0.5, 0.6) is 0 Å². The molecule has 62 heavy (non-hydrogen) atoms. The lowest BCUT2D eigenvalue weighted by Gasteiger charge is -2.37. The van der Waals surface area contributed by atoms with E-state index in [2.05, 4.69) is 10.6 Å². The highest BCUT2D eigenvalue weighted by atomic mass is 28.4. The number of benzene rings is 2. The van der Waals surface area contributed by atoms with Crippen molar-refractivity contribution in [3.8, 4) is 0 Å².